The Bertz CT molecular complexity index is 360. The maximum atomic E-state index is 12.8. The fourth-order valence-electron chi connectivity index (χ4n) is 1.49. The molecule has 1 aromatic rings. The smallest absolute Gasteiger partial charge is 0.228 e. The first-order valence-electron chi connectivity index (χ1n) is 3.75. The van der Waals surface area contributed by atoms with Gasteiger partial charge in [-0.15, -0.1) is 0 Å². The Hall–Kier alpha value is -1.38. The minimum Gasteiger partial charge on any atom is -0.325 e. The highest BCUT2D eigenvalue weighted by Crippen LogP contribution is 2.27. The van der Waals surface area contributed by atoms with Crippen LogP contribution < -0.4 is 5.32 Å². The molecule has 1 amide bonds. The molecule has 62 valence electrons. The van der Waals surface area contributed by atoms with Crippen molar-refractivity contribution < 1.29 is 9.18 Å². The predicted molar refractivity (Wildman–Crippen MR) is 43.5 cm³/mol. The van der Waals surface area contributed by atoms with E-state index >= 15 is 0 Å². The molecule has 0 aromatic heterocycles. The van der Waals surface area contributed by atoms with Crippen LogP contribution in [0, 0.1) is 12.7 Å². The lowest BCUT2D eigenvalue weighted by molar-refractivity contribution is -0.115. The van der Waals surface area contributed by atoms with Crippen LogP contribution in [0.3, 0.4) is 0 Å². The largest absolute Gasteiger partial charge is 0.325 e. The number of amides is 1. The Balaban J connectivity index is 2.59. The molecule has 0 bridgehead atoms. The van der Waals surface area contributed by atoms with Crippen LogP contribution >= 0.6 is 0 Å². The van der Waals surface area contributed by atoms with E-state index in [2.05, 4.69) is 5.32 Å². The van der Waals surface area contributed by atoms with Gasteiger partial charge in [-0.05, 0) is 30.2 Å². The van der Waals surface area contributed by atoms with E-state index in [-0.39, 0.29) is 11.7 Å². The van der Waals surface area contributed by atoms with Gasteiger partial charge in [-0.2, -0.15) is 0 Å². The second-order valence-electron chi connectivity index (χ2n) is 2.98. The molecule has 1 aliphatic rings. The third kappa shape index (κ3) is 0.978. The zero-order valence-electron chi connectivity index (χ0n) is 6.65. The zero-order valence-corrected chi connectivity index (χ0v) is 6.65. The SMILES string of the molecule is Cc1cc(F)cc2c1NC(=O)C2. The summed E-state index contributed by atoms with van der Waals surface area (Å²) in [5.41, 5.74) is 2.33. The first-order chi connectivity index (χ1) is 5.66. The number of rotatable bonds is 0. The van der Waals surface area contributed by atoms with Crippen LogP contribution in [0.25, 0.3) is 0 Å². The summed E-state index contributed by atoms with van der Waals surface area (Å²) in [6.45, 7) is 1.79. The molecule has 12 heavy (non-hydrogen) atoms. The average molecular weight is 165 g/mol. The van der Waals surface area contributed by atoms with Crippen molar-refractivity contribution in [3.63, 3.8) is 0 Å². The standard InChI is InChI=1S/C9H8FNO/c1-5-2-7(10)3-6-4-8(12)11-9(5)6/h2-3H,4H2,1H3,(H,11,12). The number of hydrogen-bond donors (Lipinski definition) is 1. The highest BCUT2D eigenvalue weighted by atomic mass is 19.1. The summed E-state index contributed by atoms with van der Waals surface area (Å²) in [7, 11) is 0. The number of fused-ring (bicyclic) bond motifs is 1. The molecule has 1 N–H and O–H groups in total. The third-order valence-corrected chi connectivity index (χ3v) is 2.00. The molecule has 1 aromatic carbocycles. The molecule has 2 rings (SSSR count). The number of carbonyl (C=O) groups excluding carboxylic acids is 1. The van der Waals surface area contributed by atoms with E-state index in [4.69, 9.17) is 0 Å². The van der Waals surface area contributed by atoms with E-state index in [1.54, 1.807) is 6.92 Å². The van der Waals surface area contributed by atoms with E-state index in [1.165, 1.54) is 12.1 Å². The Morgan fingerprint density at radius 2 is 2.25 bits per heavy atom. The Morgan fingerprint density at radius 3 is 3.00 bits per heavy atom. The first kappa shape index (κ1) is 7.28. The van der Waals surface area contributed by atoms with Crippen molar-refractivity contribution in [2.75, 3.05) is 5.32 Å². The highest BCUT2D eigenvalue weighted by Gasteiger charge is 2.19. The van der Waals surface area contributed by atoms with Gasteiger partial charge in [0, 0.05) is 5.69 Å². The molecule has 0 spiro atoms. The Morgan fingerprint density at radius 1 is 1.50 bits per heavy atom. The van der Waals surface area contributed by atoms with E-state index in [0.29, 0.717) is 6.42 Å². The number of carbonyl (C=O) groups is 1. The van der Waals surface area contributed by atoms with Crippen molar-refractivity contribution >= 4 is 11.6 Å². The highest BCUT2D eigenvalue weighted by molar-refractivity contribution is 5.99. The van der Waals surface area contributed by atoms with E-state index < -0.39 is 0 Å². The van der Waals surface area contributed by atoms with Crippen LogP contribution in [0.4, 0.5) is 10.1 Å². The molecule has 1 aliphatic heterocycles. The monoisotopic (exact) mass is 165 g/mol. The number of halogens is 1. The molecule has 0 fully saturated rings. The molecular weight excluding hydrogens is 157 g/mol. The summed E-state index contributed by atoms with van der Waals surface area (Å²) in [5.74, 6) is -0.332. The quantitative estimate of drug-likeness (QED) is 0.622. The molecule has 0 unspecified atom stereocenters. The normalized spacial score (nSPS) is 14.3. The van der Waals surface area contributed by atoms with E-state index in [0.717, 1.165) is 16.8 Å². The van der Waals surface area contributed by atoms with Gasteiger partial charge in [0.25, 0.3) is 0 Å². The predicted octanol–water partition coefficient (Wildman–Crippen LogP) is 1.63. The van der Waals surface area contributed by atoms with E-state index in [9.17, 15) is 9.18 Å². The second kappa shape index (κ2) is 2.30. The van der Waals surface area contributed by atoms with Crippen LogP contribution in [-0.2, 0) is 11.2 Å². The summed E-state index contributed by atoms with van der Waals surface area (Å²) in [4.78, 5) is 10.9. The van der Waals surface area contributed by atoms with Crippen LogP contribution in [0.15, 0.2) is 12.1 Å². The minimum absolute atomic E-state index is 0.0568. The second-order valence-corrected chi connectivity index (χ2v) is 2.98. The van der Waals surface area contributed by atoms with E-state index in [1.807, 2.05) is 0 Å². The van der Waals surface area contributed by atoms with Gasteiger partial charge < -0.3 is 5.32 Å². The minimum atomic E-state index is -0.275. The van der Waals surface area contributed by atoms with Crippen LogP contribution in [-0.4, -0.2) is 5.91 Å². The lowest BCUT2D eigenvalue weighted by Gasteiger charge is -2.02. The van der Waals surface area contributed by atoms with Crippen LogP contribution in [0.1, 0.15) is 11.1 Å². The van der Waals surface area contributed by atoms with Crippen molar-refractivity contribution in [1.29, 1.82) is 0 Å². The number of anilines is 1. The van der Waals surface area contributed by atoms with Crippen LogP contribution in [0.5, 0.6) is 0 Å². The van der Waals surface area contributed by atoms with Gasteiger partial charge in [0.2, 0.25) is 5.91 Å². The topological polar surface area (TPSA) is 29.1 Å². The molecule has 0 atom stereocenters. The summed E-state index contributed by atoms with van der Waals surface area (Å²) in [6, 6.07) is 2.82. The number of hydrogen-bond acceptors (Lipinski definition) is 1. The van der Waals surface area contributed by atoms with Gasteiger partial charge in [-0.25, -0.2) is 4.39 Å². The van der Waals surface area contributed by atoms with Crippen molar-refractivity contribution in [1.82, 2.24) is 0 Å². The maximum absolute atomic E-state index is 12.8. The van der Waals surface area contributed by atoms with Gasteiger partial charge in [-0.3, -0.25) is 4.79 Å². The van der Waals surface area contributed by atoms with Crippen molar-refractivity contribution in [3.05, 3.63) is 29.1 Å². The molecule has 0 saturated carbocycles. The summed E-state index contributed by atoms with van der Waals surface area (Å²) < 4.78 is 12.8. The lowest BCUT2D eigenvalue weighted by atomic mass is 10.1. The van der Waals surface area contributed by atoms with Gasteiger partial charge in [0.1, 0.15) is 5.82 Å². The molecule has 0 aliphatic carbocycles. The van der Waals surface area contributed by atoms with Crippen LogP contribution in [0.2, 0.25) is 0 Å². The fourth-order valence-corrected chi connectivity index (χ4v) is 1.49. The maximum Gasteiger partial charge on any atom is 0.228 e. The number of aryl methyl sites for hydroxylation is 1. The van der Waals surface area contributed by atoms with Crippen molar-refractivity contribution in [2.24, 2.45) is 0 Å². The van der Waals surface area contributed by atoms with Gasteiger partial charge >= 0.3 is 0 Å². The Labute approximate surface area is 69.4 Å². The first-order valence-corrected chi connectivity index (χ1v) is 3.75. The molecule has 3 heteroatoms. The molecule has 0 saturated heterocycles. The van der Waals surface area contributed by atoms with Crippen molar-refractivity contribution in [2.45, 2.75) is 13.3 Å². The molecule has 1 heterocycles. The molecule has 0 radical (unpaired) electrons. The summed E-state index contributed by atoms with van der Waals surface area (Å²) in [5, 5.41) is 2.69. The third-order valence-electron chi connectivity index (χ3n) is 2.00. The molecule has 2 nitrogen and oxygen atoms in total. The van der Waals surface area contributed by atoms with Crippen molar-refractivity contribution in [3.8, 4) is 0 Å². The number of benzene rings is 1. The lowest BCUT2D eigenvalue weighted by Crippen LogP contribution is -2.04. The summed E-state index contributed by atoms with van der Waals surface area (Å²) in [6.07, 6.45) is 0.300. The van der Waals surface area contributed by atoms with Gasteiger partial charge in [0.05, 0.1) is 6.42 Å². The Kier molecular flexibility index (Phi) is 1.40. The fraction of sp³-hybridized carbons (Fsp3) is 0.222. The molecular formula is C9H8FNO. The number of nitrogens with one attached hydrogen (secondary N) is 1. The average Bonchev–Trinajstić information content (AvgIpc) is 2.29. The van der Waals surface area contributed by atoms with Gasteiger partial charge in [0.15, 0.2) is 0 Å². The summed E-state index contributed by atoms with van der Waals surface area (Å²) >= 11 is 0. The zero-order chi connectivity index (χ0) is 8.72. The van der Waals surface area contributed by atoms with Gasteiger partial charge in [-0.1, -0.05) is 0 Å².